The SMILES string of the molecule is CCc1ccc(CN(C)C(=O)Nc2cccc([N+](=O)[O-])c2)cc1. The Kier molecular flexibility index (Phi) is 5.30. The number of nitro benzene ring substituents is 1. The van der Waals surface area contributed by atoms with Gasteiger partial charge in [-0.1, -0.05) is 37.3 Å². The number of nitrogens with one attached hydrogen (secondary N) is 1. The highest BCUT2D eigenvalue weighted by atomic mass is 16.6. The monoisotopic (exact) mass is 313 g/mol. The number of aryl methyl sites for hydroxylation is 1. The van der Waals surface area contributed by atoms with Crippen molar-refractivity contribution in [2.24, 2.45) is 0 Å². The molecule has 0 heterocycles. The van der Waals surface area contributed by atoms with Crippen LogP contribution in [0.15, 0.2) is 48.5 Å². The lowest BCUT2D eigenvalue weighted by molar-refractivity contribution is -0.384. The molecule has 0 spiro atoms. The van der Waals surface area contributed by atoms with Crippen LogP contribution < -0.4 is 5.32 Å². The van der Waals surface area contributed by atoms with Crippen LogP contribution in [0.25, 0.3) is 0 Å². The first-order valence-corrected chi connectivity index (χ1v) is 7.34. The summed E-state index contributed by atoms with van der Waals surface area (Å²) in [6, 6.07) is 13.6. The van der Waals surface area contributed by atoms with Gasteiger partial charge in [-0.15, -0.1) is 0 Å². The summed E-state index contributed by atoms with van der Waals surface area (Å²) in [6.07, 6.45) is 0.976. The van der Waals surface area contributed by atoms with Crippen molar-refractivity contribution in [1.29, 1.82) is 0 Å². The van der Waals surface area contributed by atoms with Crippen LogP contribution in [0.3, 0.4) is 0 Å². The first-order chi connectivity index (χ1) is 11.0. The molecule has 0 unspecified atom stereocenters. The van der Waals surface area contributed by atoms with E-state index in [4.69, 9.17) is 0 Å². The molecule has 0 aliphatic heterocycles. The van der Waals surface area contributed by atoms with E-state index in [1.165, 1.54) is 28.7 Å². The van der Waals surface area contributed by atoms with E-state index in [0.29, 0.717) is 12.2 Å². The third-order valence-corrected chi connectivity index (χ3v) is 3.51. The molecule has 2 rings (SSSR count). The van der Waals surface area contributed by atoms with Gasteiger partial charge in [0.15, 0.2) is 0 Å². The van der Waals surface area contributed by atoms with E-state index in [2.05, 4.69) is 12.2 Å². The molecule has 0 atom stereocenters. The molecule has 6 heteroatoms. The Bertz CT molecular complexity index is 698. The van der Waals surface area contributed by atoms with Crippen molar-refractivity contribution in [2.75, 3.05) is 12.4 Å². The summed E-state index contributed by atoms with van der Waals surface area (Å²) in [7, 11) is 1.68. The number of rotatable bonds is 5. The van der Waals surface area contributed by atoms with Crippen molar-refractivity contribution in [3.05, 3.63) is 69.8 Å². The number of hydrogen-bond donors (Lipinski definition) is 1. The molecule has 2 aromatic carbocycles. The van der Waals surface area contributed by atoms with Crippen LogP contribution in [0.1, 0.15) is 18.1 Å². The lowest BCUT2D eigenvalue weighted by Crippen LogP contribution is -2.30. The average molecular weight is 313 g/mol. The Morgan fingerprint density at radius 2 is 1.83 bits per heavy atom. The molecule has 2 amide bonds. The van der Waals surface area contributed by atoms with Crippen LogP contribution in [0.5, 0.6) is 0 Å². The third-order valence-electron chi connectivity index (χ3n) is 3.51. The summed E-state index contributed by atoms with van der Waals surface area (Å²) in [6.45, 7) is 2.55. The summed E-state index contributed by atoms with van der Waals surface area (Å²) in [5.74, 6) is 0. The molecule has 0 bridgehead atoms. The first-order valence-electron chi connectivity index (χ1n) is 7.34. The standard InChI is InChI=1S/C17H19N3O3/c1-3-13-7-9-14(10-8-13)12-19(2)17(21)18-15-5-4-6-16(11-15)20(22)23/h4-11H,3,12H2,1-2H3,(H,18,21). The summed E-state index contributed by atoms with van der Waals surface area (Å²) in [5, 5.41) is 13.4. The maximum absolute atomic E-state index is 12.2. The predicted octanol–water partition coefficient (Wildman–Crippen LogP) is 3.82. The molecule has 6 nitrogen and oxygen atoms in total. The van der Waals surface area contributed by atoms with Gasteiger partial charge < -0.3 is 10.2 Å². The van der Waals surface area contributed by atoms with Gasteiger partial charge in [0.25, 0.3) is 5.69 Å². The van der Waals surface area contributed by atoms with E-state index < -0.39 is 4.92 Å². The van der Waals surface area contributed by atoms with Crippen molar-refractivity contribution >= 4 is 17.4 Å². The number of nitrogens with zero attached hydrogens (tertiary/aromatic N) is 2. The molecule has 0 fully saturated rings. The molecular weight excluding hydrogens is 294 g/mol. The smallest absolute Gasteiger partial charge is 0.321 e. The highest BCUT2D eigenvalue weighted by molar-refractivity contribution is 5.89. The quantitative estimate of drug-likeness (QED) is 0.673. The Balaban J connectivity index is 1.99. The van der Waals surface area contributed by atoms with Crippen molar-refractivity contribution in [2.45, 2.75) is 19.9 Å². The van der Waals surface area contributed by atoms with E-state index in [1.54, 1.807) is 13.1 Å². The van der Waals surface area contributed by atoms with Gasteiger partial charge in [0.05, 0.1) is 4.92 Å². The molecule has 0 saturated heterocycles. The van der Waals surface area contributed by atoms with Gasteiger partial charge in [0.1, 0.15) is 0 Å². The van der Waals surface area contributed by atoms with E-state index >= 15 is 0 Å². The molecule has 2 aromatic rings. The summed E-state index contributed by atoms with van der Waals surface area (Å²) < 4.78 is 0. The molecule has 120 valence electrons. The maximum Gasteiger partial charge on any atom is 0.321 e. The second-order valence-electron chi connectivity index (χ2n) is 5.26. The second-order valence-corrected chi connectivity index (χ2v) is 5.26. The molecule has 0 aromatic heterocycles. The van der Waals surface area contributed by atoms with Crippen molar-refractivity contribution in [1.82, 2.24) is 4.90 Å². The molecule has 23 heavy (non-hydrogen) atoms. The minimum atomic E-state index is -0.491. The van der Waals surface area contributed by atoms with E-state index in [-0.39, 0.29) is 11.7 Å². The van der Waals surface area contributed by atoms with Gasteiger partial charge in [-0.05, 0) is 23.6 Å². The van der Waals surface area contributed by atoms with Gasteiger partial charge >= 0.3 is 6.03 Å². The van der Waals surface area contributed by atoms with E-state index in [9.17, 15) is 14.9 Å². The molecule has 0 saturated carbocycles. The molecule has 0 aliphatic rings. The van der Waals surface area contributed by atoms with E-state index in [0.717, 1.165) is 12.0 Å². The zero-order chi connectivity index (χ0) is 16.8. The van der Waals surface area contributed by atoms with Crippen LogP contribution in [0, 0.1) is 10.1 Å². The van der Waals surface area contributed by atoms with Crippen LogP contribution in [-0.2, 0) is 13.0 Å². The Morgan fingerprint density at radius 3 is 2.43 bits per heavy atom. The van der Waals surface area contributed by atoms with Crippen LogP contribution >= 0.6 is 0 Å². The maximum atomic E-state index is 12.2. The first kappa shape index (κ1) is 16.5. The fraction of sp³-hybridized carbons (Fsp3) is 0.235. The van der Waals surface area contributed by atoms with Gasteiger partial charge in [-0.3, -0.25) is 10.1 Å². The molecule has 1 N–H and O–H groups in total. The number of hydrogen-bond acceptors (Lipinski definition) is 3. The van der Waals surface area contributed by atoms with Crippen molar-refractivity contribution < 1.29 is 9.72 Å². The number of urea groups is 1. The third kappa shape index (κ3) is 4.54. The fourth-order valence-electron chi connectivity index (χ4n) is 2.14. The number of nitro groups is 1. The molecule has 0 radical (unpaired) electrons. The van der Waals surface area contributed by atoms with Crippen molar-refractivity contribution in [3.63, 3.8) is 0 Å². The van der Waals surface area contributed by atoms with Gasteiger partial charge in [0, 0.05) is 31.4 Å². The summed E-state index contributed by atoms with van der Waals surface area (Å²) in [5.41, 5.74) is 2.62. The average Bonchev–Trinajstić information content (AvgIpc) is 2.55. The topological polar surface area (TPSA) is 75.5 Å². The number of benzene rings is 2. The number of non-ortho nitro benzene ring substituents is 1. The fourth-order valence-corrected chi connectivity index (χ4v) is 2.14. The second kappa shape index (κ2) is 7.40. The molecular formula is C17H19N3O3. The van der Waals surface area contributed by atoms with Crippen molar-refractivity contribution in [3.8, 4) is 0 Å². The number of amides is 2. The minimum Gasteiger partial charge on any atom is -0.323 e. The van der Waals surface area contributed by atoms with E-state index in [1.807, 2.05) is 24.3 Å². The summed E-state index contributed by atoms with van der Waals surface area (Å²) >= 11 is 0. The number of carbonyl (C=O) groups excluding carboxylic acids is 1. The number of anilines is 1. The Labute approximate surface area is 134 Å². The van der Waals surface area contributed by atoms with Gasteiger partial charge in [0.2, 0.25) is 0 Å². The normalized spacial score (nSPS) is 10.2. The highest BCUT2D eigenvalue weighted by Gasteiger charge is 2.12. The lowest BCUT2D eigenvalue weighted by Gasteiger charge is -2.18. The zero-order valence-corrected chi connectivity index (χ0v) is 13.2. The number of carbonyl (C=O) groups is 1. The summed E-state index contributed by atoms with van der Waals surface area (Å²) in [4.78, 5) is 24.0. The van der Waals surface area contributed by atoms with Gasteiger partial charge in [-0.2, -0.15) is 0 Å². The molecule has 0 aliphatic carbocycles. The predicted molar refractivity (Wildman–Crippen MR) is 89.4 cm³/mol. The highest BCUT2D eigenvalue weighted by Crippen LogP contribution is 2.17. The minimum absolute atomic E-state index is 0.0550. The Hall–Kier alpha value is -2.89. The van der Waals surface area contributed by atoms with Gasteiger partial charge in [-0.25, -0.2) is 4.79 Å². The Morgan fingerprint density at radius 1 is 1.17 bits per heavy atom. The van der Waals surface area contributed by atoms with Crippen LogP contribution in [-0.4, -0.2) is 22.9 Å². The zero-order valence-electron chi connectivity index (χ0n) is 13.2. The van der Waals surface area contributed by atoms with Crippen LogP contribution in [0.2, 0.25) is 0 Å². The largest absolute Gasteiger partial charge is 0.323 e. The lowest BCUT2D eigenvalue weighted by atomic mass is 10.1. The van der Waals surface area contributed by atoms with Crippen LogP contribution in [0.4, 0.5) is 16.2 Å².